The molecule has 110 valence electrons. The molecule has 1 saturated heterocycles. The topological polar surface area (TPSA) is 66.5 Å². The van der Waals surface area contributed by atoms with Crippen molar-refractivity contribution >= 4 is 17.7 Å². The van der Waals surface area contributed by atoms with Gasteiger partial charge in [-0.05, 0) is 25.7 Å². The number of hydrogen-bond acceptors (Lipinski definition) is 3. The number of nitrogens with one attached hydrogen (secondary N) is 1. The van der Waals surface area contributed by atoms with E-state index in [1.165, 1.54) is 4.90 Å². The lowest BCUT2D eigenvalue weighted by Crippen LogP contribution is -2.65. The van der Waals surface area contributed by atoms with Crippen LogP contribution in [0.1, 0.15) is 38.5 Å². The predicted molar refractivity (Wildman–Crippen MR) is 76.7 cm³/mol. The van der Waals surface area contributed by atoms with E-state index in [1.807, 2.05) is 6.08 Å². The highest BCUT2D eigenvalue weighted by atomic mass is 16.2. The van der Waals surface area contributed by atoms with Gasteiger partial charge >= 0.3 is 0 Å². The highest BCUT2D eigenvalue weighted by Gasteiger charge is 2.40. The third-order valence-electron chi connectivity index (χ3n) is 3.19. The predicted octanol–water partition coefficient (Wildman–Crippen LogP) is 1.55. The maximum absolute atomic E-state index is 11.7. The van der Waals surface area contributed by atoms with Crippen molar-refractivity contribution in [1.29, 1.82) is 0 Å². The van der Waals surface area contributed by atoms with Crippen molar-refractivity contribution in [2.24, 2.45) is 0 Å². The van der Waals surface area contributed by atoms with E-state index < -0.39 is 6.04 Å². The summed E-state index contributed by atoms with van der Waals surface area (Å²) >= 11 is 0. The molecule has 0 bridgehead atoms. The van der Waals surface area contributed by atoms with Crippen LogP contribution < -0.4 is 5.32 Å². The normalized spacial score (nSPS) is 17.3. The Labute approximate surface area is 119 Å². The maximum atomic E-state index is 11.7. The number of carbonyl (C=O) groups is 3. The van der Waals surface area contributed by atoms with E-state index in [9.17, 15) is 14.4 Å². The molecule has 0 saturated carbocycles. The Hall–Kier alpha value is -1.91. The van der Waals surface area contributed by atoms with Gasteiger partial charge in [0.1, 0.15) is 6.04 Å². The molecule has 0 aliphatic carbocycles. The molecule has 0 spiro atoms. The van der Waals surface area contributed by atoms with Crippen LogP contribution >= 0.6 is 0 Å². The van der Waals surface area contributed by atoms with Crippen molar-refractivity contribution in [2.45, 2.75) is 44.6 Å². The standard InChI is InChI=1S/C15H22N2O3/c1-3-5-7-8-9-13(18)16-12-11-17(15(12)20)14(19)10-6-4-2/h3-4,12H,1-2,5-11H2,(H,16,18)/t12-/m0/s1. The molecule has 5 heteroatoms. The summed E-state index contributed by atoms with van der Waals surface area (Å²) in [5.41, 5.74) is 0. The van der Waals surface area contributed by atoms with E-state index in [2.05, 4.69) is 18.5 Å². The van der Waals surface area contributed by atoms with Crippen molar-refractivity contribution in [2.75, 3.05) is 6.54 Å². The summed E-state index contributed by atoms with van der Waals surface area (Å²) in [7, 11) is 0. The molecule has 20 heavy (non-hydrogen) atoms. The van der Waals surface area contributed by atoms with Crippen molar-refractivity contribution < 1.29 is 14.4 Å². The zero-order chi connectivity index (χ0) is 15.0. The van der Waals surface area contributed by atoms with Gasteiger partial charge in [-0.2, -0.15) is 0 Å². The fraction of sp³-hybridized carbons (Fsp3) is 0.533. The number of β-lactam (4-membered cyclic amide) rings is 1. The third kappa shape index (κ3) is 4.64. The Kier molecular flexibility index (Phi) is 6.70. The lowest BCUT2D eigenvalue weighted by molar-refractivity contribution is -0.157. The Morgan fingerprint density at radius 3 is 2.50 bits per heavy atom. The first kappa shape index (κ1) is 16.1. The first-order chi connectivity index (χ1) is 9.60. The van der Waals surface area contributed by atoms with Gasteiger partial charge in [0.25, 0.3) is 5.91 Å². The number of allylic oxidation sites excluding steroid dienone is 2. The second-order valence-electron chi connectivity index (χ2n) is 4.82. The zero-order valence-electron chi connectivity index (χ0n) is 11.8. The molecular weight excluding hydrogens is 256 g/mol. The molecule has 1 aliphatic rings. The van der Waals surface area contributed by atoms with E-state index in [0.717, 1.165) is 19.3 Å². The molecule has 0 aromatic carbocycles. The van der Waals surface area contributed by atoms with Gasteiger partial charge in [-0.15, -0.1) is 13.2 Å². The molecule has 1 atom stereocenters. The monoisotopic (exact) mass is 278 g/mol. The number of carbonyl (C=O) groups excluding carboxylic acids is 3. The minimum Gasteiger partial charge on any atom is -0.343 e. The average Bonchev–Trinajstić information content (AvgIpc) is 2.44. The van der Waals surface area contributed by atoms with Crippen LogP contribution in [0.15, 0.2) is 25.3 Å². The molecule has 3 amide bonds. The number of amides is 3. The van der Waals surface area contributed by atoms with Crippen LogP contribution in [0.4, 0.5) is 0 Å². The number of hydrogen-bond donors (Lipinski definition) is 1. The summed E-state index contributed by atoms with van der Waals surface area (Å²) in [4.78, 5) is 36.1. The molecule has 0 aromatic heterocycles. The van der Waals surface area contributed by atoms with Crippen LogP contribution in [0.2, 0.25) is 0 Å². The molecule has 1 heterocycles. The van der Waals surface area contributed by atoms with Gasteiger partial charge in [-0.1, -0.05) is 12.2 Å². The maximum Gasteiger partial charge on any atom is 0.253 e. The van der Waals surface area contributed by atoms with Gasteiger partial charge in [-0.3, -0.25) is 19.3 Å². The average molecular weight is 278 g/mol. The lowest BCUT2D eigenvalue weighted by atomic mass is 10.1. The van der Waals surface area contributed by atoms with Gasteiger partial charge < -0.3 is 5.32 Å². The largest absolute Gasteiger partial charge is 0.343 e. The second kappa shape index (κ2) is 8.30. The highest BCUT2D eigenvalue weighted by molar-refractivity contribution is 6.04. The van der Waals surface area contributed by atoms with E-state index >= 15 is 0 Å². The minimum absolute atomic E-state index is 0.134. The molecule has 1 fully saturated rings. The van der Waals surface area contributed by atoms with Crippen molar-refractivity contribution in [1.82, 2.24) is 10.2 Å². The molecule has 1 aliphatic heterocycles. The second-order valence-corrected chi connectivity index (χ2v) is 4.82. The lowest BCUT2D eigenvalue weighted by Gasteiger charge is -2.37. The molecular formula is C15H22N2O3. The highest BCUT2D eigenvalue weighted by Crippen LogP contribution is 2.13. The Morgan fingerprint density at radius 1 is 1.20 bits per heavy atom. The molecule has 0 aromatic rings. The summed E-state index contributed by atoms with van der Waals surface area (Å²) in [6, 6.07) is -0.533. The van der Waals surface area contributed by atoms with Crippen molar-refractivity contribution in [3.05, 3.63) is 25.3 Å². The summed E-state index contributed by atoms with van der Waals surface area (Å²) in [6.07, 6.45) is 7.30. The number of unbranched alkanes of at least 4 members (excludes halogenated alkanes) is 2. The summed E-state index contributed by atoms with van der Waals surface area (Å²) in [6.45, 7) is 7.43. The Balaban J connectivity index is 2.23. The van der Waals surface area contributed by atoms with Crippen LogP contribution in [-0.4, -0.2) is 35.2 Å². The molecule has 1 N–H and O–H groups in total. The summed E-state index contributed by atoms with van der Waals surface area (Å²) in [5, 5.41) is 2.66. The Morgan fingerprint density at radius 2 is 1.90 bits per heavy atom. The van der Waals surface area contributed by atoms with E-state index in [-0.39, 0.29) is 30.7 Å². The SMILES string of the molecule is C=CCCCCC(=O)N[C@H]1CN(C(=O)CCC=C)C1=O. The van der Waals surface area contributed by atoms with E-state index in [4.69, 9.17) is 0 Å². The Bertz CT molecular complexity index is 404. The molecule has 5 nitrogen and oxygen atoms in total. The van der Waals surface area contributed by atoms with Crippen LogP contribution in [0, 0.1) is 0 Å². The first-order valence-electron chi connectivity index (χ1n) is 6.95. The quantitative estimate of drug-likeness (QED) is 0.395. The number of rotatable bonds is 9. The fourth-order valence-electron chi connectivity index (χ4n) is 1.96. The minimum atomic E-state index is -0.533. The summed E-state index contributed by atoms with van der Waals surface area (Å²) < 4.78 is 0. The van der Waals surface area contributed by atoms with Gasteiger partial charge in [0.05, 0.1) is 6.54 Å². The molecule has 1 rings (SSSR count). The van der Waals surface area contributed by atoms with Crippen molar-refractivity contribution in [3.63, 3.8) is 0 Å². The van der Waals surface area contributed by atoms with Crippen LogP contribution in [0.25, 0.3) is 0 Å². The zero-order valence-corrected chi connectivity index (χ0v) is 11.8. The van der Waals surface area contributed by atoms with Crippen LogP contribution in [0.3, 0.4) is 0 Å². The molecule has 0 radical (unpaired) electrons. The number of nitrogens with zero attached hydrogens (tertiary/aromatic N) is 1. The van der Waals surface area contributed by atoms with Crippen LogP contribution in [0.5, 0.6) is 0 Å². The van der Waals surface area contributed by atoms with Gasteiger partial charge in [0, 0.05) is 12.8 Å². The first-order valence-corrected chi connectivity index (χ1v) is 6.95. The summed E-state index contributed by atoms with van der Waals surface area (Å²) in [5.74, 6) is -0.643. The number of likely N-dealkylation sites (tertiary alicyclic amines) is 1. The number of imide groups is 1. The van der Waals surface area contributed by atoms with Gasteiger partial charge in [0.15, 0.2) is 0 Å². The van der Waals surface area contributed by atoms with Crippen LogP contribution in [-0.2, 0) is 14.4 Å². The van der Waals surface area contributed by atoms with E-state index in [1.54, 1.807) is 6.08 Å². The van der Waals surface area contributed by atoms with Gasteiger partial charge in [-0.25, -0.2) is 0 Å². The van der Waals surface area contributed by atoms with Gasteiger partial charge in [0.2, 0.25) is 11.8 Å². The fourth-order valence-corrected chi connectivity index (χ4v) is 1.96. The van der Waals surface area contributed by atoms with E-state index in [0.29, 0.717) is 12.8 Å². The van der Waals surface area contributed by atoms with Crippen molar-refractivity contribution in [3.8, 4) is 0 Å². The smallest absolute Gasteiger partial charge is 0.253 e. The third-order valence-corrected chi connectivity index (χ3v) is 3.19. The molecule has 0 unspecified atom stereocenters.